The van der Waals surface area contributed by atoms with Crippen LogP contribution in [0.15, 0.2) is 10.7 Å². The summed E-state index contributed by atoms with van der Waals surface area (Å²) < 4.78 is 2.22. The summed E-state index contributed by atoms with van der Waals surface area (Å²) in [6.45, 7) is 4.96. The number of aromatic nitrogens is 2. The monoisotopic (exact) mass is 274 g/mol. The van der Waals surface area contributed by atoms with Crippen molar-refractivity contribution >= 4 is 27.7 Å². The second kappa shape index (κ2) is 5.16. The van der Waals surface area contributed by atoms with Gasteiger partial charge in [-0.1, -0.05) is 13.8 Å². The smallest absolute Gasteiger partial charge is 0.241 e. The van der Waals surface area contributed by atoms with Gasteiger partial charge in [-0.3, -0.25) is 9.48 Å². The highest BCUT2D eigenvalue weighted by molar-refractivity contribution is 9.10. The highest BCUT2D eigenvalue weighted by Crippen LogP contribution is 2.15. The summed E-state index contributed by atoms with van der Waals surface area (Å²) >= 11 is 3.23. The van der Waals surface area contributed by atoms with E-state index in [-0.39, 0.29) is 12.5 Å². The van der Waals surface area contributed by atoms with E-state index < -0.39 is 0 Å². The van der Waals surface area contributed by atoms with Crippen molar-refractivity contribution < 1.29 is 4.79 Å². The lowest BCUT2D eigenvalue weighted by Crippen LogP contribution is -2.30. The molecule has 1 aromatic rings. The van der Waals surface area contributed by atoms with E-state index in [9.17, 15) is 4.79 Å². The SMILES string of the molecule is CC(C)CNC(=O)Cn1cc(Br)c(N)n1. The van der Waals surface area contributed by atoms with Gasteiger partial charge in [-0.2, -0.15) is 5.10 Å². The van der Waals surface area contributed by atoms with Crippen molar-refractivity contribution in [1.82, 2.24) is 15.1 Å². The fourth-order valence-electron chi connectivity index (χ4n) is 1.01. The minimum Gasteiger partial charge on any atom is -0.381 e. The molecule has 0 unspecified atom stereocenters. The van der Waals surface area contributed by atoms with Crippen LogP contribution < -0.4 is 11.1 Å². The number of hydrogen-bond donors (Lipinski definition) is 2. The molecule has 0 fully saturated rings. The zero-order chi connectivity index (χ0) is 11.4. The minimum absolute atomic E-state index is 0.0568. The summed E-state index contributed by atoms with van der Waals surface area (Å²) in [5.74, 6) is 0.786. The summed E-state index contributed by atoms with van der Waals surface area (Å²) in [6.07, 6.45) is 1.68. The third-order valence-corrected chi connectivity index (χ3v) is 2.37. The molecule has 0 spiro atoms. The molecule has 0 aromatic carbocycles. The summed E-state index contributed by atoms with van der Waals surface area (Å²) in [5.41, 5.74) is 5.53. The first-order valence-electron chi connectivity index (χ1n) is 4.74. The van der Waals surface area contributed by atoms with Crippen molar-refractivity contribution in [3.8, 4) is 0 Å². The van der Waals surface area contributed by atoms with Gasteiger partial charge in [0, 0.05) is 12.7 Å². The quantitative estimate of drug-likeness (QED) is 0.861. The number of carbonyl (C=O) groups excluding carboxylic acids is 1. The molecular weight excluding hydrogens is 260 g/mol. The van der Waals surface area contributed by atoms with Gasteiger partial charge in [0.2, 0.25) is 5.91 Å². The number of halogens is 1. The third kappa shape index (κ3) is 3.91. The predicted molar refractivity (Wildman–Crippen MR) is 62.2 cm³/mol. The molecule has 3 N–H and O–H groups in total. The number of nitrogens with two attached hydrogens (primary N) is 1. The van der Waals surface area contributed by atoms with Crippen molar-refractivity contribution in [3.05, 3.63) is 10.7 Å². The van der Waals surface area contributed by atoms with Crippen LogP contribution in [0.5, 0.6) is 0 Å². The van der Waals surface area contributed by atoms with Crippen LogP contribution in [0.25, 0.3) is 0 Å². The van der Waals surface area contributed by atoms with E-state index in [1.807, 2.05) is 13.8 Å². The molecule has 0 saturated carbocycles. The molecule has 84 valence electrons. The second-order valence-corrected chi connectivity index (χ2v) is 4.61. The van der Waals surface area contributed by atoms with E-state index >= 15 is 0 Å². The zero-order valence-corrected chi connectivity index (χ0v) is 10.4. The van der Waals surface area contributed by atoms with E-state index in [2.05, 4.69) is 26.3 Å². The first-order chi connectivity index (χ1) is 6.99. The van der Waals surface area contributed by atoms with Gasteiger partial charge in [0.25, 0.3) is 0 Å². The second-order valence-electron chi connectivity index (χ2n) is 3.76. The molecule has 0 saturated heterocycles. The van der Waals surface area contributed by atoms with Gasteiger partial charge in [0.15, 0.2) is 5.82 Å². The molecule has 0 atom stereocenters. The summed E-state index contributed by atoms with van der Waals surface area (Å²) in [4.78, 5) is 11.4. The van der Waals surface area contributed by atoms with Gasteiger partial charge in [0.05, 0.1) is 4.47 Å². The number of anilines is 1. The van der Waals surface area contributed by atoms with Crippen LogP contribution in [0.4, 0.5) is 5.82 Å². The van der Waals surface area contributed by atoms with Crippen LogP contribution >= 0.6 is 15.9 Å². The van der Waals surface area contributed by atoms with E-state index in [1.54, 1.807) is 6.20 Å². The van der Waals surface area contributed by atoms with Crippen LogP contribution in [-0.2, 0) is 11.3 Å². The zero-order valence-electron chi connectivity index (χ0n) is 8.83. The lowest BCUT2D eigenvalue weighted by Gasteiger charge is -2.07. The largest absolute Gasteiger partial charge is 0.381 e. The lowest BCUT2D eigenvalue weighted by molar-refractivity contribution is -0.122. The van der Waals surface area contributed by atoms with Crippen molar-refractivity contribution in [3.63, 3.8) is 0 Å². The summed E-state index contributed by atoms with van der Waals surface area (Å²) in [7, 11) is 0. The van der Waals surface area contributed by atoms with E-state index in [0.717, 1.165) is 0 Å². The van der Waals surface area contributed by atoms with Crippen LogP contribution in [0.1, 0.15) is 13.8 Å². The van der Waals surface area contributed by atoms with Gasteiger partial charge in [-0.25, -0.2) is 0 Å². The number of hydrogen-bond acceptors (Lipinski definition) is 3. The Bertz CT molecular complexity index is 328. The van der Waals surface area contributed by atoms with Crippen LogP contribution in [0.3, 0.4) is 0 Å². The number of nitrogen functional groups attached to an aromatic ring is 1. The Morgan fingerprint density at radius 1 is 1.73 bits per heavy atom. The maximum Gasteiger partial charge on any atom is 0.241 e. The molecule has 0 aliphatic carbocycles. The van der Waals surface area contributed by atoms with Crippen molar-refractivity contribution in [2.24, 2.45) is 5.92 Å². The first kappa shape index (κ1) is 12.0. The number of nitrogens with zero attached hydrogens (tertiary/aromatic N) is 2. The molecule has 6 heteroatoms. The van der Waals surface area contributed by atoms with Gasteiger partial charge in [-0.15, -0.1) is 0 Å². The Hall–Kier alpha value is -1.04. The van der Waals surface area contributed by atoms with Gasteiger partial charge in [-0.05, 0) is 21.8 Å². The number of nitrogens with one attached hydrogen (secondary N) is 1. The normalized spacial score (nSPS) is 10.7. The molecule has 5 nitrogen and oxygen atoms in total. The third-order valence-electron chi connectivity index (χ3n) is 1.76. The average Bonchev–Trinajstić information content (AvgIpc) is 2.42. The molecular formula is C9H15BrN4O. The van der Waals surface area contributed by atoms with Gasteiger partial charge in [0.1, 0.15) is 6.54 Å². The van der Waals surface area contributed by atoms with Crippen molar-refractivity contribution in [2.75, 3.05) is 12.3 Å². The number of rotatable bonds is 4. The molecule has 1 rings (SSSR count). The Kier molecular flexibility index (Phi) is 4.14. The summed E-state index contributed by atoms with van der Waals surface area (Å²) in [5, 5.41) is 6.77. The van der Waals surface area contributed by atoms with E-state index in [4.69, 9.17) is 5.73 Å². The standard InChI is InChI=1S/C9H15BrN4O/c1-6(2)3-12-8(15)5-14-4-7(10)9(11)13-14/h4,6H,3,5H2,1-2H3,(H2,11,13)(H,12,15). The molecule has 0 aliphatic heterocycles. The topological polar surface area (TPSA) is 72.9 Å². The highest BCUT2D eigenvalue weighted by Gasteiger charge is 2.07. The van der Waals surface area contributed by atoms with E-state index in [1.165, 1.54) is 4.68 Å². The molecule has 0 aliphatic rings. The Morgan fingerprint density at radius 2 is 2.40 bits per heavy atom. The maximum absolute atomic E-state index is 11.4. The fourth-order valence-corrected chi connectivity index (χ4v) is 1.33. The summed E-state index contributed by atoms with van der Waals surface area (Å²) in [6, 6.07) is 0. The van der Waals surface area contributed by atoms with E-state index in [0.29, 0.717) is 22.8 Å². The minimum atomic E-state index is -0.0568. The van der Waals surface area contributed by atoms with Gasteiger partial charge >= 0.3 is 0 Å². The van der Waals surface area contributed by atoms with Crippen molar-refractivity contribution in [2.45, 2.75) is 20.4 Å². The molecule has 15 heavy (non-hydrogen) atoms. The fraction of sp³-hybridized carbons (Fsp3) is 0.556. The number of carbonyl (C=O) groups is 1. The molecule has 0 bridgehead atoms. The highest BCUT2D eigenvalue weighted by atomic mass is 79.9. The Labute approximate surface area is 97.1 Å². The maximum atomic E-state index is 11.4. The van der Waals surface area contributed by atoms with Crippen LogP contribution in [-0.4, -0.2) is 22.2 Å². The molecule has 1 heterocycles. The van der Waals surface area contributed by atoms with Crippen LogP contribution in [0, 0.1) is 5.92 Å². The molecule has 0 radical (unpaired) electrons. The number of amides is 1. The molecule has 1 aromatic heterocycles. The Balaban J connectivity index is 2.44. The average molecular weight is 275 g/mol. The van der Waals surface area contributed by atoms with Crippen LogP contribution in [0.2, 0.25) is 0 Å². The Morgan fingerprint density at radius 3 is 2.87 bits per heavy atom. The van der Waals surface area contributed by atoms with Crippen molar-refractivity contribution in [1.29, 1.82) is 0 Å². The van der Waals surface area contributed by atoms with Gasteiger partial charge < -0.3 is 11.1 Å². The molecule has 1 amide bonds. The first-order valence-corrected chi connectivity index (χ1v) is 5.53. The lowest BCUT2D eigenvalue weighted by atomic mass is 10.2. The predicted octanol–water partition coefficient (Wildman–Crippen LogP) is 1.000.